The molecular weight excluding hydrogens is 512 g/mol. The van der Waals surface area contributed by atoms with Crippen LogP contribution in [0.4, 0.5) is 8.78 Å². The second kappa shape index (κ2) is 9.20. The van der Waals surface area contributed by atoms with Crippen molar-refractivity contribution in [3.63, 3.8) is 0 Å². The minimum Gasteiger partial charge on any atom is -0.502 e. The Balaban J connectivity index is 1.72. The van der Waals surface area contributed by atoms with Gasteiger partial charge in [0.1, 0.15) is 25.1 Å². The molecule has 2 bridgehead atoms. The van der Waals surface area contributed by atoms with Gasteiger partial charge in [0, 0.05) is 40.1 Å². The van der Waals surface area contributed by atoms with Gasteiger partial charge in [-0.15, -0.1) is 11.8 Å². The molecule has 0 spiro atoms. The monoisotopic (exact) mass is 537 g/mol. The van der Waals surface area contributed by atoms with Crippen molar-refractivity contribution in [1.29, 1.82) is 0 Å². The Bertz CT molecular complexity index is 1550. The summed E-state index contributed by atoms with van der Waals surface area (Å²) in [6, 6.07) is 8.70. The van der Waals surface area contributed by atoms with Crippen LogP contribution in [0.5, 0.6) is 11.5 Å². The van der Waals surface area contributed by atoms with Crippen LogP contribution in [0.25, 0.3) is 0 Å². The molecule has 0 aliphatic carbocycles. The number of thioether (sulfide) groups is 1. The molecule has 0 radical (unpaired) electrons. The summed E-state index contributed by atoms with van der Waals surface area (Å²) < 4.78 is 37.8. The summed E-state index contributed by atoms with van der Waals surface area (Å²) in [5.74, 6) is -2.76. The molecule has 1 N–H and O–H groups in total. The zero-order valence-electron chi connectivity index (χ0n) is 20.7. The van der Waals surface area contributed by atoms with E-state index in [-0.39, 0.29) is 42.0 Å². The zero-order chi connectivity index (χ0) is 26.7. The van der Waals surface area contributed by atoms with Gasteiger partial charge in [0.25, 0.3) is 5.91 Å². The lowest BCUT2D eigenvalue weighted by molar-refractivity contribution is 0.0587. The molecule has 0 saturated heterocycles. The minimum atomic E-state index is -1.000. The summed E-state index contributed by atoms with van der Waals surface area (Å²) >= 11 is 1.39. The summed E-state index contributed by atoms with van der Waals surface area (Å²) in [5.41, 5.74) is 0.560. The molecule has 38 heavy (non-hydrogen) atoms. The van der Waals surface area contributed by atoms with Crippen molar-refractivity contribution in [1.82, 2.24) is 9.58 Å². The van der Waals surface area contributed by atoms with Gasteiger partial charge in [0.15, 0.2) is 23.1 Å². The standard InChI is InChI=1S/C28H25F2N3O4S/c1-15(2)19-7-5-11-37-21-12-18(29)24(30)17-13-38-22-8-4-3-6-16(22)25(23(17)21)33-14-31(19)28(36)26-27(35)20(34)9-10-32(26)33/h3-10,12,15,19,25,35H,11,13-14H2,1-2H3/b7-5+/t19-,25+/m1/s1. The molecule has 1 aromatic heterocycles. The van der Waals surface area contributed by atoms with Crippen LogP contribution < -0.4 is 15.2 Å². The first-order valence-corrected chi connectivity index (χ1v) is 13.3. The molecular formula is C28H25F2N3O4S. The Morgan fingerprint density at radius 1 is 1.16 bits per heavy atom. The number of fused-ring (bicyclic) bond motifs is 7. The molecule has 3 aliphatic rings. The third-order valence-corrected chi connectivity index (χ3v) is 8.40. The number of ether oxygens (including phenoxy) is 1. The van der Waals surface area contributed by atoms with Gasteiger partial charge in [-0.25, -0.2) is 8.78 Å². The fourth-order valence-corrected chi connectivity index (χ4v) is 6.59. The summed E-state index contributed by atoms with van der Waals surface area (Å²) in [6.45, 7) is 4.08. The topological polar surface area (TPSA) is 75.0 Å². The molecule has 1 amide bonds. The second-order valence-electron chi connectivity index (χ2n) is 9.84. The highest BCUT2D eigenvalue weighted by Gasteiger charge is 2.43. The lowest BCUT2D eigenvalue weighted by Gasteiger charge is -2.46. The Labute approximate surface area is 221 Å². The van der Waals surface area contributed by atoms with E-state index in [9.17, 15) is 19.1 Å². The van der Waals surface area contributed by atoms with Gasteiger partial charge in [-0.05, 0) is 23.6 Å². The number of nitrogens with zero attached hydrogens (tertiary/aromatic N) is 3. The first-order valence-electron chi connectivity index (χ1n) is 12.3. The average molecular weight is 538 g/mol. The first kappa shape index (κ1) is 24.5. The van der Waals surface area contributed by atoms with E-state index in [2.05, 4.69) is 0 Å². The van der Waals surface area contributed by atoms with Gasteiger partial charge in [0.05, 0.1) is 6.04 Å². The van der Waals surface area contributed by atoms with E-state index in [1.165, 1.54) is 28.7 Å². The number of benzene rings is 2. The number of hydrogen-bond donors (Lipinski definition) is 1. The minimum absolute atomic E-state index is 0.0215. The van der Waals surface area contributed by atoms with E-state index in [1.807, 2.05) is 44.2 Å². The molecule has 3 aliphatic heterocycles. The van der Waals surface area contributed by atoms with Crippen molar-refractivity contribution in [3.05, 3.63) is 99.0 Å². The Kier molecular flexibility index (Phi) is 5.94. The summed E-state index contributed by atoms with van der Waals surface area (Å²) in [7, 11) is 0. The maximum atomic E-state index is 15.4. The molecule has 10 heteroatoms. The van der Waals surface area contributed by atoms with Gasteiger partial charge in [-0.1, -0.05) is 38.1 Å². The summed E-state index contributed by atoms with van der Waals surface area (Å²) in [6.07, 6.45) is 5.03. The van der Waals surface area contributed by atoms with Gasteiger partial charge in [0.2, 0.25) is 5.43 Å². The van der Waals surface area contributed by atoms with Gasteiger partial charge in [-0.3, -0.25) is 19.3 Å². The van der Waals surface area contributed by atoms with Gasteiger partial charge >= 0.3 is 0 Å². The molecule has 3 aromatic rings. The van der Waals surface area contributed by atoms with Crippen molar-refractivity contribution in [2.75, 3.05) is 18.3 Å². The van der Waals surface area contributed by atoms with Crippen LogP contribution in [0.1, 0.15) is 47.1 Å². The number of hydrogen-bond acceptors (Lipinski definition) is 6. The number of amides is 1. The van der Waals surface area contributed by atoms with E-state index >= 15 is 4.39 Å². The van der Waals surface area contributed by atoms with Crippen LogP contribution >= 0.6 is 11.8 Å². The number of carbonyl (C=O) groups is 1. The SMILES string of the molecule is CC(C)[C@H]1/C=C/COc2cc(F)c(F)c3c2[C@H](c2ccccc2SC3)N2CN1C(=O)c1c(O)c(=O)ccn12. The van der Waals surface area contributed by atoms with Gasteiger partial charge in [-0.2, -0.15) is 0 Å². The second-order valence-corrected chi connectivity index (χ2v) is 10.9. The van der Waals surface area contributed by atoms with Crippen LogP contribution in [0.15, 0.2) is 64.4 Å². The maximum absolute atomic E-state index is 15.4. The molecule has 0 saturated carbocycles. The van der Waals surface area contributed by atoms with Crippen molar-refractivity contribution < 1.29 is 23.4 Å². The Morgan fingerprint density at radius 2 is 1.95 bits per heavy atom. The number of aromatic hydroxyl groups is 1. The zero-order valence-corrected chi connectivity index (χ0v) is 21.5. The summed E-state index contributed by atoms with van der Waals surface area (Å²) in [4.78, 5) is 28.7. The number of pyridine rings is 1. The summed E-state index contributed by atoms with van der Waals surface area (Å²) in [5, 5.41) is 12.6. The smallest absolute Gasteiger partial charge is 0.278 e. The quantitative estimate of drug-likeness (QED) is 0.459. The molecule has 2 atom stereocenters. The third-order valence-electron chi connectivity index (χ3n) is 7.28. The lowest BCUT2D eigenvalue weighted by atomic mass is 9.92. The average Bonchev–Trinajstić information content (AvgIpc) is 3.08. The molecule has 0 unspecified atom stereocenters. The van der Waals surface area contributed by atoms with Crippen LogP contribution in [0, 0.1) is 17.6 Å². The molecule has 6 rings (SSSR count). The number of halogens is 2. The van der Waals surface area contributed by atoms with Crippen molar-refractivity contribution >= 4 is 17.7 Å². The highest BCUT2D eigenvalue weighted by molar-refractivity contribution is 7.98. The number of rotatable bonds is 1. The van der Waals surface area contributed by atoms with Crippen molar-refractivity contribution in [3.8, 4) is 11.5 Å². The van der Waals surface area contributed by atoms with Crippen LogP contribution in [0.2, 0.25) is 0 Å². The number of aromatic nitrogens is 1. The van der Waals surface area contributed by atoms with Gasteiger partial charge < -0.3 is 14.7 Å². The highest BCUT2D eigenvalue weighted by Crippen LogP contribution is 2.47. The van der Waals surface area contributed by atoms with E-state index in [4.69, 9.17) is 4.74 Å². The van der Waals surface area contributed by atoms with E-state index in [0.29, 0.717) is 5.56 Å². The van der Waals surface area contributed by atoms with Crippen LogP contribution in [-0.4, -0.2) is 39.9 Å². The van der Waals surface area contributed by atoms with E-state index in [1.54, 1.807) is 16.0 Å². The molecule has 7 nitrogen and oxygen atoms in total. The molecule has 0 fully saturated rings. The molecule has 4 heterocycles. The molecule has 196 valence electrons. The van der Waals surface area contributed by atoms with Crippen molar-refractivity contribution in [2.24, 2.45) is 5.92 Å². The largest absolute Gasteiger partial charge is 0.502 e. The third kappa shape index (κ3) is 3.69. The fraction of sp³-hybridized carbons (Fsp3) is 0.286. The number of carbonyl (C=O) groups excluding carboxylic acids is 1. The Hall–Kier alpha value is -3.79. The van der Waals surface area contributed by atoms with Crippen LogP contribution in [0.3, 0.4) is 0 Å². The lowest BCUT2D eigenvalue weighted by Crippen LogP contribution is -2.58. The van der Waals surface area contributed by atoms with Crippen molar-refractivity contribution in [2.45, 2.75) is 36.6 Å². The maximum Gasteiger partial charge on any atom is 0.278 e. The van der Waals surface area contributed by atoms with E-state index < -0.39 is 40.8 Å². The normalized spacial score (nSPS) is 21.0. The predicted octanol–water partition coefficient (Wildman–Crippen LogP) is 4.55. The predicted molar refractivity (Wildman–Crippen MR) is 139 cm³/mol. The first-order chi connectivity index (χ1) is 18.3. The fourth-order valence-electron chi connectivity index (χ4n) is 5.49. The van der Waals surface area contributed by atoms with E-state index in [0.717, 1.165) is 16.5 Å². The van der Waals surface area contributed by atoms with Crippen LogP contribution in [-0.2, 0) is 5.75 Å². The Morgan fingerprint density at radius 3 is 2.74 bits per heavy atom. The highest BCUT2D eigenvalue weighted by atomic mass is 32.2. The molecule has 2 aromatic carbocycles.